The minimum Gasteiger partial charge on any atom is -0.456 e. The average molecular weight is 495 g/mol. The highest BCUT2D eigenvalue weighted by Crippen LogP contribution is 2.33. The van der Waals surface area contributed by atoms with E-state index in [1.807, 2.05) is 6.07 Å². The molecule has 0 spiro atoms. The van der Waals surface area contributed by atoms with E-state index in [9.17, 15) is 18.0 Å². The molecule has 8 nitrogen and oxygen atoms in total. The molecule has 0 aliphatic carbocycles. The van der Waals surface area contributed by atoms with E-state index >= 15 is 0 Å². The number of hydrogen-bond donors (Lipinski definition) is 2. The molecule has 3 aromatic carbocycles. The Kier molecular flexibility index (Phi) is 7.37. The number of anilines is 1. The molecule has 0 aromatic heterocycles. The number of benzene rings is 3. The molecular formula is C21H16Cl2N2O6S. The summed E-state index contributed by atoms with van der Waals surface area (Å²) in [4.78, 5) is 24.4. The van der Waals surface area contributed by atoms with Gasteiger partial charge in [0.2, 0.25) is 10.0 Å². The van der Waals surface area contributed by atoms with E-state index in [1.54, 1.807) is 42.5 Å². The van der Waals surface area contributed by atoms with E-state index in [2.05, 4.69) is 5.32 Å². The fraction of sp³-hybridized carbons (Fsp3) is 0.0476. The van der Waals surface area contributed by atoms with Gasteiger partial charge in [0.25, 0.3) is 5.91 Å². The molecular weight excluding hydrogens is 479 g/mol. The van der Waals surface area contributed by atoms with Gasteiger partial charge in [0.1, 0.15) is 17.1 Å². The molecule has 1 amide bonds. The van der Waals surface area contributed by atoms with Gasteiger partial charge < -0.3 is 14.8 Å². The number of amides is 1. The summed E-state index contributed by atoms with van der Waals surface area (Å²) in [6.45, 7) is -0.651. The van der Waals surface area contributed by atoms with E-state index in [0.717, 1.165) is 12.1 Å². The summed E-state index contributed by atoms with van der Waals surface area (Å²) in [5, 5.41) is 7.11. The van der Waals surface area contributed by atoms with Crippen molar-refractivity contribution in [3.8, 4) is 11.5 Å². The molecule has 166 valence electrons. The Morgan fingerprint density at radius 2 is 1.53 bits per heavy atom. The first kappa shape index (κ1) is 23.6. The van der Waals surface area contributed by atoms with Crippen molar-refractivity contribution in [2.24, 2.45) is 5.14 Å². The van der Waals surface area contributed by atoms with Crippen LogP contribution in [0.25, 0.3) is 0 Å². The number of carbonyl (C=O) groups excluding carboxylic acids is 2. The second-order valence-corrected chi connectivity index (χ2v) is 8.72. The highest BCUT2D eigenvalue weighted by Gasteiger charge is 2.19. The normalized spacial score (nSPS) is 11.0. The summed E-state index contributed by atoms with van der Waals surface area (Å²) in [7, 11) is -4.03. The van der Waals surface area contributed by atoms with Gasteiger partial charge in [0.05, 0.1) is 20.6 Å². The third-order valence-electron chi connectivity index (χ3n) is 4.02. The summed E-state index contributed by atoms with van der Waals surface area (Å²) in [5.74, 6) is -0.744. The first-order valence-corrected chi connectivity index (χ1v) is 11.3. The summed E-state index contributed by atoms with van der Waals surface area (Å²) < 4.78 is 33.6. The lowest BCUT2D eigenvalue weighted by atomic mass is 10.2. The van der Waals surface area contributed by atoms with E-state index in [1.165, 1.54) is 6.07 Å². The van der Waals surface area contributed by atoms with E-state index in [4.69, 9.17) is 37.8 Å². The number of carbonyl (C=O) groups is 2. The Hall–Kier alpha value is -3.11. The number of esters is 1. The molecule has 3 rings (SSSR count). The smallest absolute Gasteiger partial charge is 0.342 e. The number of rotatable bonds is 7. The maximum absolute atomic E-state index is 12.5. The Morgan fingerprint density at radius 1 is 0.938 bits per heavy atom. The van der Waals surface area contributed by atoms with E-state index in [-0.39, 0.29) is 31.9 Å². The quantitative estimate of drug-likeness (QED) is 0.473. The molecule has 0 saturated heterocycles. The summed E-state index contributed by atoms with van der Waals surface area (Å²) in [6.07, 6.45) is 0. The van der Waals surface area contributed by atoms with Gasteiger partial charge in [0, 0.05) is 0 Å². The third-order valence-corrected chi connectivity index (χ3v) is 5.51. The fourth-order valence-corrected chi connectivity index (χ4v) is 3.83. The van der Waals surface area contributed by atoms with Crippen LogP contribution < -0.4 is 15.2 Å². The van der Waals surface area contributed by atoms with Gasteiger partial charge in [-0.1, -0.05) is 53.5 Å². The van der Waals surface area contributed by atoms with Crippen molar-refractivity contribution in [1.29, 1.82) is 0 Å². The van der Waals surface area contributed by atoms with Gasteiger partial charge in [-0.3, -0.25) is 4.79 Å². The molecule has 0 aliphatic heterocycles. The van der Waals surface area contributed by atoms with Crippen LogP contribution in [0, 0.1) is 0 Å². The Balaban J connectivity index is 1.67. The molecule has 11 heteroatoms. The van der Waals surface area contributed by atoms with Crippen molar-refractivity contribution in [3.63, 3.8) is 0 Å². The van der Waals surface area contributed by atoms with Gasteiger partial charge in [0.15, 0.2) is 6.61 Å². The minimum atomic E-state index is -4.03. The summed E-state index contributed by atoms with van der Waals surface area (Å²) in [6, 6.07) is 17.3. The SMILES string of the molecule is NS(=O)(=O)c1cc(Cl)c(NC(=O)COC(=O)c2ccccc2Oc2ccccc2)c(Cl)c1. The number of hydrogen-bond acceptors (Lipinski definition) is 6. The number of nitrogens with one attached hydrogen (secondary N) is 1. The zero-order valence-corrected chi connectivity index (χ0v) is 18.6. The molecule has 0 heterocycles. The number of para-hydroxylation sites is 2. The Bertz CT molecular complexity index is 1240. The van der Waals surface area contributed by atoms with E-state index in [0.29, 0.717) is 5.75 Å². The average Bonchev–Trinajstić information content (AvgIpc) is 2.75. The van der Waals surface area contributed by atoms with Crippen LogP contribution in [0.3, 0.4) is 0 Å². The van der Waals surface area contributed by atoms with Crippen LogP contribution in [0.15, 0.2) is 71.6 Å². The predicted octanol–water partition coefficient (Wildman–Crippen LogP) is 4.23. The Morgan fingerprint density at radius 3 is 2.16 bits per heavy atom. The monoisotopic (exact) mass is 494 g/mol. The second kappa shape index (κ2) is 10.0. The highest BCUT2D eigenvalue weighted by molar-refractivity contribution is 7.89. The largest absolute Gasteiger partial charge is 0.456 e. The lowest BCUT2D eigenvalue weighted by Crippen LogP contribution is -2.21. The van der Waals surface area contributed by atoms with Gasteiger partial charge in [-0.2, -0.15) is 0 Å². The third kappa shape index (κ3) is 5.98. The van der Waals surface area contributed by atoms with Crippen molar-refractivity contribution in [1.82, 2.24) is 0 Å². The first-order chi connectivity index (χ1) is 15.1. The fourth-order valence-electron chi connectivity index (χ4n) is 2.56. The second-order valence-electron chi connectivity index (χ2n) is 6.34. The molecule has 3 aromatic rings. The number of halogens is 2. The lowest BCUT2D eigenvalue weighted by molar-refractivity contribution is -0.119. The molecule has 0 atom stereocenters. The predicted molar refractivity (Wildman–Crippen MR) is 120 cm³/mol. The van der Waals surface area contributed by atoms with Crippen LogP contribution in [-0.2, 0) is 19.6 Å². The van der Waals surface area contributed by atoms with Crippen LogP contribution in [0.2, 0.25) is 10.0 Å². The van der Waals surface area contributed by atoms with Crippen molar-refractivity contribution in [2.45, 2.75) is 4.90 Å². The van der Waals surface area contributed by atoms with Gasteiger partial charge in [-0.25, -0.2) is 18.4 Å². The number of nitrogens with two attached hydrogens (primary N) is 1. The van der Waals surface area contributed by atoms with Gasteiger partial charge >= 0.3 is 5.97 Å². The first-order valence-electron chi connectivity index (χ1n) is 8.96. The number of sulfonamides is 1. The van der Waals surface area contributed by atoms with Crippen molar-refractivity contribution >= 4 is 50.8 Å². The van der Waals surface area contributed by atoms with Crippen LogP contribution >= 0.6 is 23.2 Å². The summed E-state index contributed by atoms with van der Waals surface area (Å²) >= 11 is 12.0. The van der Waals surface area contributed by atoms with E-state index < -0.39 is 28.5 Å². The van der Waals surface area contributed by atoms with Gasteiger partial charge in [-0.05, 0) is 36.4 Å². The molecule has 0 fully saturated rings. The molecule has 32 heavy (non-hydrogen) atoms. The molecule has 0 aliphatic rings. The molecule has 0 saturated carbocycles. The van der Waals surface area contributed by atoms with Crippen LogP contribution in [0.4, 0.5) is 5.69 Å². The minimum absolute atomic E-state index is 0.0467. The van der Waals surface area contributed by atoms with Crippen molar-refractivity contribution in [3.05, 3.63) is 82.3 Å². The van der Waals surface area contributed by atoms with Crippen LogP contribution in [0.1, 0.15) is 10.4 Å². The van der Waals surface area contributed by atoms with Crippen LogP contribution in [0.5, 0.6) is 11.5 Å². The maximum Gasteiger partial charge on any atom is 0.342 e. The zero-order valence-electron chi connectivity index (χ0n) is 16.2. The molecule has 0 bridgehead atoms. The standard InChI is InChI=1S/C21H16Cl2N2O6S/c22-16-10-14(32(24,28)29)11-17(23)20(16)25-19(26)12-30-21(27)15-8-4-5-9-18(15)31-13-6-2-1-3-7-13/h1-11H,12H2,(H,25,26)(H2,24,28,29). The van der Waals surface area contributed by atoms with Crippen molar-refractivity contribution < 1.29 is 27.5 Å². The highest BCUT2D eigenvalue weighted by atomic mass is 35.5. The lowest BCUT2D eigenvalue weighted by Gasteiger charge is -2.12. The maximum atomic E-state index is 12.5. The zero-order chi connectivity index (χ0) is 23.3. The molecule has 0 radical (unpaired) electrons. The summed E-state index contributed by atoms with van der Waals surface area (Å²) in [5.41, 5.74) is 0.0762. The molecule has 0 unspecified atom stereocenters. The number of ether oxygens (including phenoxy) is 2. The van der Waals surface area contributed by atoms with Crippen molar-refractivity contribution in [2.75, 3.05) is 11.9 Å². The van der Waals surface area contributed by atoms with Gasteiger partial charge in [-0.15, -0.1) is 0 Å². The topological polar surface area (TPSA) is 125 Å². The Labute approximate surface area is 193 Å². The van der Waals surface area contributed by atoms with Crippen LogP contribution in [-0.4, -0.2) is 26.9 Å². The number of primary sulfonamides is 1. The molecule has 3 N–H and O–H groups in total.